The van der Waals surface area contributed by atoms with Crippen molar-refractivity contribution in [2.24, 2.45) is 0 Å². The van der Waals surface area contributed by atoms with E-state index < -0.39 is 30.2 Å². The molecule has 3 heterocycles. The Balaban J connectivity index is 1.46. The van der Waals surface area contributed by atoms with Crippen molar-refractivity contribution in [3.8, 4) is 5.75 Å². The molecule has 3 aromatic rings. The third-order valence-corrected chi connectivity index (χ3v) is 5.92. The summed E-state index contributed by atoms with van der Waals surface area (Å²) in [5, 5.41) is 24.8. The van der Waals surface area contributed by atoms with Crippen LogP contribution in [0, 0.1) is 5.82 Å². The average Bonchev–Trinajstić information content (AvgIpc) is 3.20. The zero-order chi connectivity index (χ0) is 20.1. The van der Waals surface area contributed by atoms with E-state index >= 15 is 0 Å². The number of nitrogens with two attached hydrogens (primary N) is 1. The van der Waals surface area contributed by atoms with Crippen LogP contribution in [-0.2, 0) is 13.0 Å². The number of hydrogen-bond acceptors (Lipinski definition) is 7. The lowest BCUT2D eigenvalue weighted by Gasteiger charge is -2.24. The van der Waals surface area contributed by atoms with Gasteiger partial charge in [0.2, 0.25) is 0 Å². The zero-order valence-corrected chi connectivity index (χ0v) is 15.6. The summed E-state index contributed by atoms with van der Waals surface area (Å²) in [5.74, 6) is 0.196. The first kappa shape index (κ1) is 18.3. The van der Waals surface area contributed by atoms with Gasteiger partial charge in [-0.15, -0.1) is 0 Å². The summed E-state index contributed by atoms with van der Waals surface area (Å²) in [6.45, 7) is 1.64. The highest BCUT2D eigenvalue weighted by Gasteiger charge is 2.45. The van der Waals surface area contributed by atoms with Gasteiger partial charge in [0.15, 0.2) is 5.82 Å². The number of benzene rings is 1. The molecule has 9 heteroatoms. The monoisotopic (exact) mass is 399 g/mol. The van der Waals surface area contributed by atoms with E-state index in [1.807, 2.05) is 12.1 Å². The molecule has 2 aliphatic rings. The van der Waals surface area contributed by atoms with E-state index in [-0.39, 0.29) is 16.9 Å². The Morgan fingerprint density at radius 2 is 2.10 bits per heavy atom. The minimum atomic E-state index is -1.13. The first-order chi connectivity index (χ1) is 14.0. The minimum absolute atomic E-state index is 0.0385. The maximum atomic E-state index is 14.4. The molecule has 5 rings (SSSR count). The minimum Gasteiger partial charge on any atom is -0.487 e. The van der Waals surface area contributed by atoms with Gasteiger partial charge in [0.1, 0.15) is 41.9 Å². The number of ether oxygens (including phenoxy) is 1. The summed E-state index contributed by atoms with van der Waals surface area (Å²) in [6.07, 6.45) is 0.764. The Morgan fingerprint density at radius 1 is 1.24 bits per heavy atom. The van der Waals surface area contributed by atoms with Crippen LogP contribution in [0.25, 0.3) is 11.0 Å². The van der Waals surface area contributed by atoms with Crippen LogP contribution in [0.3, 0.4) is 0 Å². The Hall–Kier alpha value is -2.75. The van der Waals surface area contributed by atoms with Crippen LogP contribution in [0.4, 0.5) is 10.2 Å². The number of hydrogen-bond donors (Lipinski definition) is 4. The predicted molar refractivity (Wildman–Crippen MR) is 104 cm³/mol. The molecule has 152 valence electrons. The SMILES string of the molecule is Nc1ncnc2c1c(F)cn2[C@@H]1C[C@H](Oc2cccc3c2CCNC3)[C@@H](O)[C@H]1O. The van der Waals surface area contributed by atoms with E-state index in [0.29, 0.717) is 6.42 Å². The number of rotatable bonds is 3. The zero-order valence-electron chi connectivity index (χ0n) is 15.6. The van der Waals surface area contributed by atoms with E-state index in [1.165, 1.54) is 22.7 Å². The molecule has 0 saturated heterocycles. The molecule has 1 fully saturated rings. The van der Waals surface area contributed by atoms with Gasteiger partial charge >= 0.3 is 0 Å². The molecule has 1 aliphatic heterocycles. The van der Waals surface area contributed by atoms with Gasteiger partial charge in [-0.2, -0.15) is 0 Å². The fourth-order valence-corrected chi connectivity index (χ4v) is 4.45. The normalized spacial score (nSPS) is 26.6. The fourth-order valence-electron chi connectivity index (χ4n) is 4.45. The molecule has 1 aliphatic carbocycles. The lowest BCUT2D eigenvalue weighted by Crippen LogP contribution is -2.34. The molecule has 29 heavy (non-hydrogen) atoms. The van der Waals surface area contributed by atoms with E-state index in [2.05, 4.69) is 21.4 Å². The summed E-state index contributed by atoms with van der Waals surface area (Å²) in [6, 6.07) is 5.26. The van der Waals surface area contributed by atoms with Crippen molar-refractivity contribution in [3.05, 3.63) is 47.7 Å². The standard InChI is InChI=1S/C20H22FN5O3/c21-12-8-26(20-16(12)19(22)24-9-25-20)13-6-15(18(28)17(13)27)29-14-3-1-2-10-7-23-5-4-11(10)14/h1-3,8-9,13,15,17-18,23,27-28H,4-7H2,(H2,22,24,25)/t13-,15+,17+,18-/m1/s1. The van der Waals surface area contributed by atoms with Crippen molar-refractivity contribution in [2.45, 2.75) is 43.7 Å². The molecule has 0 radical (unpaired) electrons. The van der Waals surface area contributed by atoms with Crippen LogP contribution in [0.5, 0.6) is 5.75 Å². The molecule has 5 N–H and O–H groups in total. The molecule has 0 amide bonds. The number of aliphatic hydroxyl groups is 2. The molecule has 0 spiro atoms. The second-order valence-electron chi connectivity index (χ2n) is 7.60. The molecule has 2 aromatic heterocycles. The Kier molecular flexibility index (Phi) is 4.38. The fraction of sp³-hybridized carbons (Fsp3) is 0.400. The first-order valence-electron chi connectivity index (χ1n) is 9.65. The summed E-state index contributed by atoms with van der Waals surface area (Å²) < 4.78 is 22.1. The highest BCUT2D eigenvalue weighted by Crippen LogP contribution is 2.38. The Labute approximate surface area is 166 Å². The smallest absolute Gasteiger partial charge is 0.154 e. The highest BCUT2D eigenvalue weighted by atomic mass is 19.1. The summed E-state index contributed by atoms with van der Waals surface area (Å²) in [5.41, 5.74) is 8.36. The van der Waals surface area contributed by atoms with Crippen LogP contribution in [0.15, 0.2) is 30.7 Å². The van der Waals surface area contributed by atoms with Crippen LogP contribution >= 0.6 is 0 Å². The number of nitrogens with zero attached hydrogens (tertiary/aromatic N) is 3. The predicted octanol–water partition coefficient (Wildman–Crippen LogP) is 0.912. The quantitative estimate of drug-likeness (QED) is 0.517. The molecular weight excluding hydrogens is 377 g/mol. The average molecular weight is 399 g/mol. The number of fused-ring (bicyclic) bond motifs is 2. The third kappa shape index (κ3) is 2.93. The number of aliphatic hydroxyl groups excluding tert-OH is 2. The summed E-state index contributed by atoms with van der Waals surface area (Å²) >= 11 is 0. The van der Waals surface area contributed by atoms with Crippen molar-refractivity contribution >= 4 is 16.9 Å². The van der Waals surface area contributed by atoms with Gasteiger partial charge in [0, 0.05) is 19.2 Å². The summed E-state index contributed by atoms with van der Waals surface area (Å²) in [4.78, 5) is 7.95. The molecule has 1 aromatic carbocycles. The van der Waals surface area contributed by atoms with Crippen LogP contribution in [0.2, 0.25) is 0 Å². The van der Waals surface area contributed by atoms with Gasteiger partial charge < -0.3 is 30.6 Å². The van der Waals surface area contributed by atoms with Crippen molar-refractivity contribution in [1.82, 2.24) is 19.9 Å². The second-order valence-corrected chi connectivity index (χ2v) is 7.60. The maximum absolute atomic E-state index is 14.4. The number of aromatic nitrogens is 3. The van der Waals surface area contributed by atoms with Gasteiger partial charge in [0.05, 0.1) is 11.4 Å². The largest absolute Gasteiger partial charge is 0.487 e. The number of nitrogen functional groups attached to an aromatic ring is 1. The molecular formula is C20H22FN5O3. The summed E-state index contributed by atoms with van der Waals surface area (Å²) in [7, 11) is 0. The van der Waals surface area contributed by atoms with E-state index in [1.54, 1.807) is 0 Å². The van der Waals surface area contributed by atoms with Crippen molar-refractivity contribution in [2.75, 3.05) is 12.3 Å². The molecule has 8 nitrogen and oxygen atoms in total. The van der Waals surface area contributed by atoms with Crippen molar-refractivity contribution < 1.29 is 19.3 Å². The second kappa shape index (κ2) is 6.94. The topological polar surface area (TPSA) is 118 Å². The van der Waals surface area contributed by atoms with Gasteiger partial charge in [-0.25, -0.2) is 14.4 Å². The molecule has 1 saturated carbocycles. The number of halogens is 1. The van der Waals surface area contributed by atoms with Crippen LogP contribution < -0.4 is 15.8 Å². The molecule has 4 atom stereocenters. The lowest BCUT2D eigenvalue weighted by molar-refractivity contribution is -0.0166. The maximum Gasteiger partial charge on any atom is 0.154 e. The van der Waals surface area contributed by atoms with Crippen molar-refractivity contribution in [3.63, 3.8) is 0 Å². The first-order valence-corrected chi connectivity index (χ1v) is 9.65. The Morgan fingerprint density at radius 3 is 2.97 bits per heavy atom. The van der Waals surface area contributed by atoms with Gasteiger partial charge in [-0.05, 0) is 30.2 Å². The molecule has 0 unspecified atom stereocenters. The number of nitrogens with one attached hydrogen (secondary N) is 1. The van der Waals surface area contributed by atoms with E-state index in [9.17, 15) is 14.6 Å². The van der Waals surface area contributed by atoms with E-state index in [0.717, 1.165) is 30.8 Å². The van der Waals surface area contributed by atoms with Crippen LogP contribution in [-0.4, -0.2) is 49.6 Å². The van der Waals surface area contributed by atoms with Gasteiger partial charge in [-0.3, -0.25) is 0 Å². The van der Waals surface area contributed by atoms with E-state index in [4.69, 9.17) is 10.5 Å². The molecule has 0 bridgehead atoms. The third-order valence-electron chi connectivity index (χ3n) is 5.92. The number of anilines is 1. The van der Waals surface area contributed by atoms with Gasteiger partial charge in [-0.1, -0.05) is 12.1 Å². The van der Waals surface area contributed by atoms with Gasteiger partial charge in [0.25, 0.3) is 0 Å². The van der Waals surface area contributed by atoms with Crippen molar-refractivity contribution in [1.29, 1.82) is 0 Å². The Bertz CT molecular complexity index is 1070. The lowest BCUT2D eigenvalue weighted by atomic mass is 10.00. The highest BCUT2D eigenvalue weighted by molar-refractivity contribution is 5.86. The van der Waals surface area contributed by atoms with Crippen LogP contribution in [0.1, 0.15) is 23.6 Å².